The van der Waals surface area contributed by atoms with Crippen LogP contribution in [0.25, 0.3) is 6.08 Å². The van der Waals surface area contributed by atoms with Crippen LogP contribution in [-0.2, 0) is 19.6 Å². The maximum atomic E-state index is 12.5. The van der Waals surface area contributed by atoms with E-state index < -0.39 is 21.8 Å². The second-order valence-corrected chi connectivity index (χ2v) is 9.55. The molecule has 1 aliphatic heterocycles. The average Bonchev–Trinajstić information content (AvgIpc) is 2.66. The molecule has 1 aromatic carbocycles. The van der Waals surface area contributed by atoms with Gasteiger partial charge in [-0.25, -0.2) is 13.1 Å². The summed E-state index contributed by atoms with van der Waals surface area (Å²) in [7, 11) is -3.92. The van der Waals surface area contributed by atoms with Gasteiger partial charge in [-0.05, 0) is 36.6 Å². The van der Waals surface area contributed by atoms with E-state index >= 15 is 0 Å². The van der Waals surface area contributed by atoms with Gasteiger partial charge in [0.15, 0.2) is 0 Å². The summed E-state index contributed by atoms with van der Waals surface area (Å²) in [5.41, 5.74) is 1.58. The van der Waals surface area contributed by atoms with Crippen molar-refractivity contribution in [1.29, 1.82) is 0 Å². The Morgan fingerprint density at radius 2 is 1.75 bits per heavy atom. The van der Waals surface area contributed by atoms with Gasteiger partial charge in [-0.15, -0.1) is 0 Å². The monoisotopic (exact) mass is 406 g/mol. The van der Waals surface area contributed by atoms with Gasteiger partial charge >= 0.3 is 0 Å². The number of benzene rings is 1. The van der Waals surface area contributed by atoms with Gasteiger partial charge < -0.3 is 4.90 Å². The van der Waals surface area contributed by atoms with E-state index in [2.05, 4.69) is 16.2 Å². The van der Waals surface area contributed by atoms with Crippen LogP contribution in [0.5, 0.6) is 0 Å². The number of carbonyl (C=O) groups is 2. The maximum absolute atomic E-state index is 12.5. The average molecular weight is 407 g/mol. The number of ketones is 1. The van der Waals surface area contributed by atoms with Gasteiger partial charge in [-0.2, -0.15) is 0 Å². The Labute approximate surface area is 168 Å². The number of anilines is 1. The number of carbonyl (C=O) groups excluding carboxylic acids is 2. The van der Waals surface area contributed by atoms with Crippen LogP contribution in [0.4, 0.5) is 5.69 Å². The van der Waals surface area contributed by atoms with E-state index in [9.17, 15) is 18.0 Å². The Morgan fingerprint density at radius 3 is 2.25 bits per heavy atom. The largest absolute Gasteiger partial charge is 0.371 e. The predicted molar refractivity (Wildman–Crippen MR) is 111 cm³/mol. The number of rotatable bonds is 7. The van der Waals surface area contributed by atoms with Crippen molar-refractivity contribution < 1.29 is 18.0 Å². The second-order valence-electron chi connectivity index (χ2n) is 7.87. The Kier molecular flexibility index (Phi) is 7.04. The smallest absolute Gasteiger partial charge is 0.264 e. The normalized spacial score (nSPS) is 15.7. The van der Waals surface area contributed by atoms with Crippen molar-refractivity contribution in [2.75, 3.05) is 18.0 Å². The molecule has 7 heteroatoms. The summed E-state index contributed by atoms with van der Waals surface area (Å²) in [6.07, 6.45) is 3.19. The van der Waals surface area contributed by atoms with Gasteiger partial charge in [0, 0.05) is 36.5 Å². The molecule has 2 rings (SSSR count). The minimum absolute atomic E-state index is 0.0324. The molecule has 1 fully saturated rings. The molecule has 28 heavy (non-hydrogen) atoms. The summed E-state index contributed by atoms with van der Waals surface area (Å²) in [5, 5.41) is 0. The summed E-state index contributed by atoms with van der Waals surface area (Å²) in [5.74, 6) is -0.519. The fourth-order valence-electron chi connectivity index (χ4n) is 3.34. The molecular formula is C21H30N2O4S. The fourth-order valence-corrected chi connectivity index (χ4v) is 4.48. The van der Waals surface area contributed by atoms with Crippen LogP contribution >= 0.6 is 0 Å². The highest BCUT2D eigenvalue weighted by atomic mass is 32.2. The molecule has 1 aromatic rings. The zero-order valence-electron chi connectivity index (χ0n) is 17.1. The number of sulfonamides is 1. The van der Waals surface area contributed by atoms with E-state index in [1.165, 1.54) is 12.1 Å². The predicted octanol–water partition coefficient (Wildman–Crippen LogP) is 3.23. The number of hydrogen-bond acceptors (Lipinski definition) is 5. The molecule has 6 nitrogen and oxygen atoms in total. The SMILES string of the molecule is C=Cc1cc(S(=O)(=O)NC(=O)C(C)C)ccc1N1CCC(C(=O)C(C)C)CC1. The summed E-state index contributed by atoms with van der Waals surface area (Å²) < 4.78 is 27.0. The third-order valence-corrected chi connectivity index (χ3v) is 6.44. The van der Waals surface area contributed by atoms with Crippen molar-refractivity contribution in [3.63, 3.8) is 0 Å². The number of hydrogen-bond donors (Lipinski definition) is 1. The lowest BCUT2D eigenvalue weighted by Crippen LogP contribution is -2.38. The first-order valence-electron chi connectivity index (χ1n) is 9.68. The lowest BCUT2D eigenvalue weighted by Gasteiger charge is -2.34. The third kappa shape index (κ3) is 5.01. The van der Waals surface area contributed by atoms with Gasteiger partial charge in [0.2, 0.25) is 5.91 Å². The molecule has 0 unspecified atom stereocenters. The number of amides is 1. The van der Waals surface area contributed by atoms with Crippen LogP contribution < -0.4 is 9.62 Å². The van der Waals surface area contributed by atoms with Gasteiger partial charge in [0.05, 0.1) is 4.90 Å². The van der Waals surface area contributed by atoms with E-state index in [-0.39, 0.29) is 16.7 Å². The zero-order chi connectivity index (χ0) is 21.1. The highest BCUT2D eigenvalue weighted by molar-refractivity contribution is 7.90. The standard InChI is InChI=1S/C21H30N2O4S/c1-6-16-13-18(28(26,27)22-21(25)15(4)5)7-8-19(16)23-11-9-17(10-12-23)20(24)14(2)3/h6-8,13-15,17H,1,9-12H2,2-5H3,(H,22,25). The molecule has 154 valence electrons. The molecule has 0 saturated carbocycles. The lowest BCUT2D eigenvalue weighted by atomic mass is 9.87. The van der Waals surface area contributed by atoms with E-state index in [1.54, 1.807) is 26.0 Å². The molecular weight excluding hydrogens is 376 g/mol. The van der Waals surface area contributed by atoms with E-state index in [0.29, 0.717) is 11.3 Å². The van der Waals surface area contributed by atoms with Crippen molar-refractivity contribution in [1.82, 2.24) is 4.72 Å². The van der Waals surface area contributed by atoms with E-state index in [0.717, 1.165) is 31.6 Å². The molecule has 0 bridgehead atoms. The van der Waals surface area contributed by atoms with Crippen LogP contribution in [0, 0.1) is 17.8 Å². The van der Waals surface area contributed by atoms with Crippen molar-refractivity contribution in [2.24, 2.45) is 17.8 Å². The Morgan fingerprint density at radius 1 is 1.14 bits per heavy atom. The Balaban J connectivity index is 2.19. The maximum Gasteiger partial charge on any atom is 0.264 e. The van der Waals surface area contributed by atoms with Crippen LogP contribution in [0.3, 0.4) is 0 Å². The van der Waals surface area contributed by atoms with Crippen molar-refractivity contribution in [3.8, 4) is 0 Å². The first kappa shape index (κ1) is 22.1. The molecule has 1 amide bonds. The second kappa shape index (κ2) is 8.90. The van der Waals surface area contributed by atoms with Crippen molar-refractivity contribution in [2.45, 2.75) is 45.4 Å². The summed E-state index contributed by atoms with van der Waals surface area (Å²) in [4.78, 5) is 26.2. The molecule has 0 aromatic heterocycles. The van der Waals surface area contributed by atoms with Gasteiger partial charge in [0.25, 0.3) is 10.0 Å². The van der Waals surface area contributed by atoms with Gasteiger partial charge in [0.1, 0.15) is 5.78 Å². The van der Waals surface area contributed by atoms with E-state index in [4.69, 9.17) is 0 Å². The fraction of sp³-hybridized carbons (Fsp3) is 0.524. The first-order chi connectivity index (χ1) is 13.1. The molecule has 1 saturated heterocycles. The number of piperidine rings is 1. The number of Topliss-reactive ketones (excluding diaryl/α,β-unsaturated/α-hetero) is 1. The summed E-state index contributed by atoms with van der Waals surface area (Å²) in [6.45, 7) is 12.4. The van der Waals surface area contributed by atoms with Crippen molar-refractivity contribution in [3.05, 3.63) is 30.3 Å². The van der Waals surface area contributed by atoms with Crippen LogP contribution in [0.2, 0.25) is 0 Å². The summed E-state index contributed by atoms with van der Waals surface area (Å²) in [6, 6.07) is 4.78. The van der Waals surface area contributed by atoms with Gasteiger partial charge in [-0.1, -0.05) is 40.3 Å². The third-order valence-electron chi connectivity index (χ3n) is 5.10. The number of nitrogens with one attached hydrogen (secondary N) is 1. The minimum Gasteiger partial charge on any atom is -0.371 e. The Hall–Kier alpha value is -2.15. The minimum atomic E-state index is -3.92. The molecule has 1 heterocycles. The molecule has 0 spiro atoms. The van der Waals surface area contributed by atoms with Crippen molar-refractivity contribution >= 4 is 33.5 Å². The highest BCUT2D eigenvalue weighted by Crippen LogP contribution is 2.30. The molecule has 0 radical (unpaired) electrons. The quantitative estimate of drug-likeness (QED) is 0.752. The molecule has 0 atom stereocenters. The number of nitrogens with zero attached hydrogens (tertiary/aromatic N) is 1. The van der Waals surface area contributed by atoms with Crippen LogP contribution in [0.15, 0.2) is 29.7 Å². The molecule has 1 aliphatic rings. The zero-order valence-corrected chi connectivity index (χ0v) is 17.9. The Bertz CT molecular complexity index is 851. The van der Waals surface area contributed by atoms with Crippen LogP contribution in [-0.4, -0.2) is 33.2 Å². The topological polar surface area (TPSA) is 83.6 Å². The molecule has 1 N–H and O–H groups in total. The first-order valence-corrected chi connectivity index (χ1v) is 11.2. The van der Waals surface area contributed by atoms with Gasteiger partial charge in [-0.3, -0.25) is 9.59 Å². The van der Waals surface area contributed by atoms with E-state index in [1.807, 2.05) is 13.8 Å². The summed E-state index contributed by atoms with van der Waals surface area (Å²) >= 11 is 0. The molecule has 0 aliphatic carbocycles. The highest BCUT2D eigenvalue weighted by Gasteiger charge is 2.28. The van der Waals surface area contributed by atoms with Crippen LogP contribution in [0.1, 0.15) is 46.1 Å². The lowest BCUT2D eigenvalue weighted by molar-refractivity contribution is -0.126.